The number of amides is 1. The van der Waals surface area contributed by atoms with Crippen molar-refractivity contribution >= 4 is 21.6 Å². The van der Waals surface area contributed by atoms with Crippen molar-refractivity contribution < 1.29 is 30.9 Å². The highest BCUT2D eigenvalue weighted by Crippen LogP contribution is 2.70. The number of benzene rings is 1. The molecule has 38 heavy (non-hydrogen) atoms. The van der Waals surface area contributed by atoms with E-state index in [9.17, 15) is 26.4 Å². The van der Waals surface area contributed by atoms with Gasteiger partial charge in [-0.25, -0.2) is 17.5 Å². The maximum Gasteiger partial charge on any atom is 0.322 e. The summed E-state index contributed by atoms with van der Waals surface area (Å²) in [7, 11) is -2.39. The first kappa shape index (κ1) is 25.8. The molecule has 1 aromatic heterocycles. The third kappa shape index (κ3) is 3.89. The molecule has 8 nitrogen and oxygen atoms in total. The number of halogens is 3. The Morgan fingerprint density at radius 2 is 1.76 bits per heavy atom. The third-order valence-electron chi connectivity index (χ3n) is 9.54. The monoisotopic (exact) mass is 552 g/mol. The van der Waals surface area contributed by atoms with Crippen LogP contribution in [0.1, 0.15) is 76.4 Å². The number of hydrogen-bond donors (Lipinski definition) is 1. The van der Waals surface area contributed by atoms with Crippen LogP contribution in [0, 0.1) is 10.8 Å². The molecule has 6 aliphatic rings. The maximum absolute atomic E-state index is 14.4. The summed E-state index contributed by atoms with van der Waals surface area (Å²) in [5, 5.41) is 3.91. The van der Waals surface area contributed by atoms with Gasteiger partial charge in [0.2, 0.25) is 15.9 Å². The molecule has 0 atom stereocenters. The molecule has 8 rings (SSSR count). The summed E-state index contributed by atoms with van der Waals surface area (Å²) in [6, 6.07) is 6.31. The lowest BCUT2D eigenvalue weighted by Crippen LogP contribution is -2.71. The van der Waals surface area contributed by atoms with Crippen LogP contribution in [0.3, 0.4) is 0 Å². The van der Waals surface area contributed by atoms with Crippen LogP contribution in [0.5, 0.6) is 0 Å². The van der Waals surface area contributed by atoms with E-state index in [0.717, 1.165) is 26.2 Å². The molecule has 6 fully saturated rings. The van der Waals surface area contributed by atoms with E-state index in [4.69, 9.17) is 4.52 Å². The summed E-state index contributed by atoms with van der Waals surface area (Å²) in [5.41, 5.74) is -2.14. The van der Waals surface area contributed by atoms with Crippen LogP contribution in [0.15, 0.2) is 33.7 Å². The Morgan fingerprint density at radius 3 is 2.29 bits per heavy atom. The summed E-state index contributed by atoms with van der Waals surface area (Å²) < 4.78 is 73.9. The molecule has 0 unspecified atom stereocenters. The Kier molecular flexibility index (Phi) is 5.45. The topological polar surface area (TPSA) is 105 Å². The largest absolute Gasteiger partial charge is 0.333 e. The van der Waals surface area contributed by atoms with Crippen molar-refractivity contribution in [3.8, 4) is 0 Å². The molecule has 0 spiro atoms. The number of alkyl halides is 3. The van der Waals surface area contributed by atoms with Gasteiger partial charge in [-0.3, -0.25) is 4.79 Å². The van der Waals surface area contributed by atoms with Crippen LogP contribution in [0.2, 0.25) is 0 Å². The van der Waals surface area contributed by atoms with Gasteiger partial charge in [-0.15, -0.1) is 0 Å². The molecule has 6 saturated carbocycles. The quantitative estimate of drug-likeness (QED) is 0.513. The predicted molar refractivity (Wildman–Crippen MR) is 131 cm³/mol. The number of anilines is 1. The molecule has 0 aliphatic heterocycles. The Hall–Kier alpha value is -2.47. The molecule has 12 heteroatoms. The van der Waals surface area contributed by atoms with Gasteiger partial charge in [0.15, 0.2) is 5.82 Å². The number of carbonyl (C=O) groups excluding carboxylic acids is 1. The number of nitrogens with zero attached hydrogens (tertiary/aromatic N) is 3. The van der Waals surface area contributed by atoms with Crippen molar-refractivity contribution in [2.45, 2.75) is 86.6 Å². The number of sulfonamides is 1. The van der Waals surface area contributed by atoms with Crippen molar-refractivity contribution in [3.05, 3.63) is 36.0 Å². The fraction of sp³-hybridized carbons (Fsp3) is 0.654. The minimum atomic E-state index is -3.72. The van der Waals surface area contributed by atoms with E-state index in [-0.39, 0.29) is 35.5 Å². The molecule has 1 N–H and O–H groups in total. The van der Waals surface area contributed by atoms with Crippen LogP contribution in [0.4, 0.5) is 18.9 Å². The average molecular weight is 553 g/mol. The van der Waals surface area contributed by atoms with Crippen LogP contribution < -0.4 is 9.62 Å². The fourth-order valence-electron chi connectivity index (χ4n) is 7.18. The molecule has 1 aromatic carbocycles. The minimum absolute atomic E-state index is 0.0549. The standard InChI is InChI=1S/C26H31F3N4O4S/c1-22(27,28)20-31-19(32-37-20)24-9-6-23(7-10-24,8-11-24)16-33(21(34)25-13-26(29,14-25)15-25)17-4-3-5-18(12-17)38(35,36)30-2/h3-5,12,30H,6-11,13-16H2,1-2H3. The van der Waals surface area contributed by atoms with E-state index in [1.165, 1.54) is 19.2 Å². The van der Waals surface area contributed by atoms with Crippen molar-refractivity contribution in [2.75, 3.05) is 18.5 Å². The summed E-state index contributed by atoms with van der Waals surface area (Å²) in [6.07, 6.45) is 4.86. The first-order chi connectivity index (χ1) is 17.7. The fourth-order valence-corrected chi connectivity index (χ4v) is 7.95. The Balaban J connectivity index is 1.27. The van der Waals surface area contributed by atoms with Crippen molar-refractivity contribution in [3.63, 3.8) is 0 Å². The van der Waals surface area contributed by atoms with Gasteiger partial charge in [0, 0.05) is 24.6 Å². The summed E-state index contributed by atoms with van der Waals surface area (Å²) in [6.45, 7) is 1.12. The Labute approximate surface area is 219 Å². The number of rotatable bonds is 8. The van der Waals surface area contributed by atoms with Gasteiger partial charge < -0.3 is 9.42 Å². The second-order valence-electron chi connectivity index (χ2n) is 12.1. The van der Waals surface area contributed by atoms with Gasteiger partial charge in [-0.1, -0.05) is 11.2 Å². The average Bonchev–Trinajstić information content (AvgIpc) is 3.38. The van der Waals surface area contributed by atoms with E-state index in [1.807, 2.05) is 0 Å². The van der Waals surface area contributed by atoms with Crippen LogP contribution in [0.25, 0.3) is 0 Å². The first-order valence-corrected chi connectivity index (χ1v) is 14.5. The number of carbonyl (C=O) groups is 1. The van der Waals surface area contributed by atoms with E-state index in [1.54, 1.807) is 17.0 Å². The first-order valence-electron chi connectivity index (χ1n) is 13.0. The van der Waals surface area contributed by atoms with Gasteiger partial charge in [0.25, 0.3) is 5.89 Å². The number of nitrogens with one attached hydrogen (secondary N) is 1. The highest BCUT2D eigenvalue weighted by molar-refractivity contribution is 7.89. The number of hydrogen-bond acceptors (Lipinski definition) is 6. The molecule has 0 radical (unpaired) electrons. The van der Waals surface area contributed by atoms with E-state index in [2.05, 4.69) is 14.9 Å². The zero-order valence-electron chi connectivity index (χ0n) is 21.4. The summed E-state index contributed by atoms with van der Waals surface area (Å²) in [5.74, 6) is -3.71. The normalized spacial score (nSPS) is 33.9. The smallest absolute Gasteiger partial charge is 0.322 e. The predicted octanol–water partition coefficient (Wildman–Crippen LogP) is 4.61. The van der Waals surface area contributed by atoms with E-state index >= 15 is 0 Å². The molecule has 1 amide bonds. The Morgan fingerprint density at radius 1 is 1.13 bits per heavy atom. The lowest BCUT2D eigenvalue weighted by atomic mass is 9.41. The molecule has 4 bridgehead atoms. The SMILES string of the molecule is CNS(=O)(=O)c1cccc(N(CC23CCC(c4noc(C(C)(F)F)n4)(CC2)CC3)C(=O)C23CC(F)(C2)C3)c1. The molecule has 0 saturated heterocycles. The minimum Gasteiger partial charge on any atom is -0.333 e. The summed E-state index contributed by atoms with van der Waals surface area (Å²) in [4.78, 5) is 19.7. The van der Waals surface area contributed by atoms with Gasteiger partial charge in [-0.2, -0.15) is 13.8 Å². The zero-order valence-corrected chi connectivity index (χ0v) is 22.2. The van der Waals surface area contributed by atoms with Crippen LogP contribution >= 0.6 is 0 Å². The summed E-state index contributed by atoms with van der Waals surface area (Å²) >= 11 is 0. The third-order valence-corrected chi connectivity index (χ3v) is 11.0. The molecule has 2 aromatic rings. The molecule has 1 heterocycles. The van der Waals surface area contributed by atoms with Crippen molar-refractivity contribution in [2.24, 2.45) is 10.8 Å². The van der Waals surface area contributed by atoms with Gasteiger partial charge in [0.05, 0.1) is 10.3 Å². The highest BCUT2D eigenvalue weighted by Gasteiger charge is 2.73. The zero-order chi connectivity index (χ0) is 27.2. The van der Waals surface area contributed by atoms with Crippen LogP contribution in [-0.2, 0) is 26.2 Å². The number of fused-ring (bicyclic) bond motifs is 3. The van der Waals surface area contributed by atoms with Crippen molar-refractivity contribution in [1.29, 1.82) is 0 Å². The molecular weight excluding hydrogens is 521 g/mol. The lowest BCUT2D eigenvalue weighted by molar-refractivity contribution is -0.211. The maximum atomic E-state index is 14.4. The van der Waals surface area contributed by atoms with Crippen molar-refractivity contribution in [1.82, 2.24) is 14.9 Å². The molecule has 6 aliphatic carbocycles. The second-order valence-corrected chi connectivity index (χ2v) is 14.0. The molecular formula is C26H31F3N4O4S. The number of aromatic nitrogens is 2. The van der Waals surface area contributed by atoms with E-state index < -0.39 is 38.3 Å². The van der Waals surface area contributed by atoms with E-state index in [0.29, 0.717) is 37.3 Å². The second kappa shape index (κ2) is 8.03. The van der Waals surface area contributed by atoms with Gasteiger partial charge >= 0.3 is 5.92 Å². The Bertz CT molecular complexity index is 1360. The van der Waals surface area contributed by atoms with Crippen LogP contribution in [-0.4, -0.2) is 43.7 Å². The lowest BCUT2D eigenvalue weighted by Gasteiger charge is -2.65. The van der Waals surface area contributed by atoms with Gasteiger partial charge in [0.1, 0.15) is 5.67 Å². The highest BCUT2D eigenvalue weighted by atomic mass is 32.2. The van der Waals surface area contributed by atoms with Gasteiger partial charge in [-0.05, 0) is 88.4 Å². The molecule has 206 valence electrons.